The molecule has 0 unspecified atom stereocenters. The van der Waals surface area contributed by atoms with Crippen molar-refractivity contribution in [3.8, 4) is 0 Å². The summed E-state index contributed by atoms with van der Waals surface area (Å²) in [4.78, 5) is 30.0. The third-order valence-electron chi connectivity index (χ3n) is 6.28. The number of amides is 2. The van der Waals surface area contributed by atoms with Crippen LogP contribution < -0.4 is 5.32 Å². The number of aliphatic hydroxyl groups is 1. The van der Waals surface area contributed by atoms with Crippen LogP contribution >= 0.6 is 22.9 Å². The molecule has 5 nitrogen and oxygen atoms in total. The Morgan fingerprint density at radius 2 is 1.67 bits per heavy atom. The van der Waals surface area contributed by atoms with Gasteiger partial charge in [0.1, 0.15) is 6.04 Å². The molecule has 36 heavy (non-hydrogen) atoms. The molecule has 0 bridgehead atoms. The average Bonchev–Trinajstić information content (AvgIpc) is 3.35. The molecule has 3 rings (SSSR count). The fourth-order valence-electron chi connectivity index (χ4n) is 4.39. The lowest BCUT2D eigenvalue weighted by atomic mass is 9.90. The highest BCUT2D eigenvalue weighted by Gasteiger charge is 2.39. The van der Waals surface area contributed by atoms with Crippen LogP contribution in [0.3, 0.4) is 0 Å². The lowest BCUT2D eigenvalue weighted by Crippen LogP contribution is -2.53. The molecular formula is C29H35ClN2O3S. The number of thiophene rings is 1. The van der Waals surface area contributed by atoms with Crippen molar-refractivity contribution in [1.29, 1.82) is 0 Å². The number of carbonyl (C=O) groups excluding carboxylic acids is 2. The largest absolute Gasteiger partial charge is 0.396 e. The Labute approximate surface area is 223 Å². The van der Waals surface area contributed by atoms with Crippen molar-refractivity contribution in [2.75, 3.05) is 13.2 Å². The zero-order chi connectivity index (χ0) is 25.9. The monoisotopic (exact) mass is 526 g/mol. The summed E-state index contributed by atoms with van der Waals surface area (Å²) < 4.78 is 0.508. The van der Waals surface area contributed by atoms with Gasteiger partial charge >= 0.3 is 0 Å². The topological polar surface area (TPSA) is 69.6 Å². The molecule has 0 aliphatic rings. The Morgan fingerprint density at radius 1 is 1.00 bits per heavy atom. The van der Waals surface area contributed by atoms with Gasteiger partial charge in [-0.15, -0.1) is 11.3 Å². The Bertz CT molecular complexity index is 1090. The van der Waals surface area contributed by atoms with Crippen molar-refractivity contribution >= 4 is 34.8 Å². The molecule has 2 amide bonds. The summed E-state index contributed by atoms with van der Waals surface area (Å²) in [6.07, 6.45) is 3.31. The first-order valence-corrected chi connectivity index (χ1v) is 13.7. The zero-order valence-corrected chi connectivity index (χ0v) is 22.5. The number of carbonyl (C=O) groups is 2. The van der Waals surface area contributed by atoms with Gasteiger partial charge in [-0.25, -0.2) is 0 Å². The van der Waals surface area contributed by atoms with Gasteiger partial charge in [-0.2, -0.15) is 0 Å². The number of hydrogen-bond donors (Lipinski definition) is 2. The van der Waals surface area contributed by atoms with E-state index in [2.05, 4.69) is 12.2 Å². The second kappa shape index (κ2) is 14.2. The van der Waals surface area contributed by atoms with Crippen LogP contribution in [-0.4, -0.2) is 41.0 Å². The third kappa shape index (κ3) is 7.42. The Hall–Kier alpha value is -2.67. The number of aliphatic hydroxyl groups excluding tert-OH is 1. The van der Waals surface area contributed by atoms with E-state index >= 15 is 0 Å². The van der Waals surface area contributed by atoms with E-state index in [1.54, 1.807) is 17.0 Å². The van der Waals surface area contributed by atoms with Gasteiger partial charge in [0.25, 0.3) is 5.91 Å². The predicted molar refractivity (Wildman–Crippen MR) is 147 cm³/mol. The van der Waals surface area contributed by atoms with E-state index in [-0.39, 0.29) is 24.3 Å². The van der Waals surface area contributed by atoms with Crippen molar-refractivity contribution < 1.29 is 14.7 Å². The number of benzene rings is 2. The van der Waals surface area contributed by atoms with Crippen LogP contribution in [0.15, 0.2) is 72.8 Å². The van der Waals surface area contributed by atoms with E-state index in [0.717, 1.165) is 30.4 Å². The van der Waals surface area contributed by atoms with Crippen LogP contribution in [0, 0.1) is 5.92 Å². The zero-order valence-electron chi connectivity index (χ0n) is 20.9. The molecule has 0 saturated carbocycles. The minimum atomic E-state index is -0.776. The molecule has 0 saturated heterocycles. The smallest absolute Gasteiger partial charge is 0.265 e. The van der Waals surface area contributed by atoms with E-state index in [1.807, 2.05) is 67.6 Å². The van der Waals surface area contributed by atoms with E-state index in [4.69, 9.17) is 11.6 Å². The lowest BCUT2D eigenvalue weighted by molar-refractivity contribution is -0.127. The maximum atomic E-state index is 14.1. The van der Waals surface area contributed by atoms with Crippen molar-refractivity contribution in [1.82, 2.24) is 10.2 Å². The molecule has 1 aromatic heterocycles. The quantitative estimate of drug-likeness (QED) is 0.263. The number of nitrogens with one attached hydrogen (secondary N) is 1. The summed E-state index contributed by atoms with van der Waals surface area (Å²) in [5, 5.41) is 13.3. The Morgan fingerprint density at radius 3 is 2.25 bits per heavy atom. The molecule has 0 aliphatic carbocycles. The average molecular weight is 527 g/mol. The Kier molecular flexibility index (Phi) is 11.0. The van der Waals surface area contributed by atoms with Crippen molar-refractivity contribution in [2.24, 2.45) is 5.92 Å². The summed E-state index contributed by atoms with van der Waals surface area (Å²) >= 11 is 7.39. The fraction of sp³-hybridized carbons (Fsp3) is 0.379. The van der Waals surface area contributed by atoms with Crippen molar-refractivity contribution in [3.63, 3.8) is 0 Å². The van der Waals surface area contributed by atoms with Gasteiger partial charge in [-0.1, -0.05) is 99.0 Å². The van der Waals surface area contributed by atoms with E-state index in [0.29, 0.717) is 22.2 Å². The molecule has 2 aromatic carbocycles. The fourth-order valence-corrected chi connectivity index (χ4v) is 5.38. The van der Waals surface area contributed by atoms with Gasteiger partial charge in [-0.05, 0) is 29.7 Å². The summed E-state index contributed by atoms with van der Waals surface area (Å²) in [6, 6.07) is 21.5. The first-order chi connectivity index (χ1) is 17.5. The molecule has 2 N–H and O–H groups in total. The van der Waals surface area contributed by atoms with Gasteiger partial charge in [0.05, 0.1) is 15.3 Å². The first kappa shape index (κ1) is 27.9. The number of rotatable bonds is 13. The van der Waals surface area contributed by atoms with Gasteiger partial charge in [0, 0.05) is 25.5 Å². The standard InChI is InChI=1S/C29H35ClN2O3S/c1-3-4-11-18-31-28(34)24(19-22-12-7-5-8-13-22)32(29(35)25-16-17-26(30)36-25)27(21(2)20-33)23-14-9-6-10-15-23/h5-10,12-17,21,24,27,33H,3-4,11,18-20H2,1-2H3,(H,31,34)/t21-,24+,27+/m1/s1. The SMILES string of the molecule is CCCCCNC(=O)[C@H](Cc1ccccc1)N(C(=O)c1ccc(Cl)s1)[C@H](c1ccccc1)[C@H](C)CO. The molecular weight excluding hydrogens is 492 g/mol. The third-order valence-corrected chi connectivity index (χ3v) is 7.50. The van der Waals surface area contributed by atoms with E-state index in [9.17, 15) is 14.7 Å². The van der Waals surface area contributed by atoms with Crippen LogP contribution in [0.25, 0.3) is 0 Å². The van der Waals surface area contributed by atoms with E-state index in [1.165, 1.54) is 11.3 Å². The normalized spacial score (nSPS) is 13.6. The lowest BCUT2D eigenvalue weighted by Gasteiger charge is -2.40. The second-order valence-corrected chi connectivity index (χ2v) is 10.8. The maximum Gasteiger partial charge on any atom is 0.265 e. The van der Waals surface area contributed by atoms with Gasteiger partial charge in [-0.3, -0.25) is 9.59 Å². The van der Waals surface area contributed by atoms with Gasteiger partial charge in [0.2, 0.25) is 5.91 Å². The second-order valence-electron chi connectivity index (χ2n) is 9.04. The summed E-state index contributed by atoms with van der Waals surface area (Å²) in [5.41, 5.74) is 1.82. The van der Waals surface area contributed by atoms with Crippen LogP contribution in [0.4, 0.5) is 0 Å². The molecule has 7 heteroatoms. The minimum Gasteiger partial charge on any atom is -0.396 e. The highest BCUT2D eigenvalue weighted by Crippen LogP contribution is 2.35. The molecule has 192 valence electrons. The molecule has 1 heterocycles. The summed E-state index contributed by atoms with van der Waals surface area (Å²) in [6.45, 7) is 4.44. The van der Waals surface area contributed by atoms with Crippen LogP contribution in [-0.2, 0) is 11.2 Å². The van der Waals surface area contributed by atoms with Crippen LogP contribution in [0.1, 0.15) is 60.0 Å². The number of hydrogen-bond acceptors (Lipinski definition) is 4. The number of nitrogens with zero attached hydrogens (tertiary/aromatic N) is 1. The summed E-state index contributed by atoms with van der Waals surface area (Å²) in [7, 11) is 0. The highest BCUT2D eigenvalue weighted by molar-refractivity contribution is 7.18. The maximum absolute atomic E-state index is 14.1. The molecule has 0 radical (unpaired) electrons. The van der Waals surface area contributed by atoms with Crippen LogP contribution in [0.2, 0.25) is 4.34 Å². The van der Waals surface area contributed by atoms with Crippen molar-refractivity contribution in [3.05, 3.63) is 93.1 Å². The summed E-state index contributed by atoms with van der Waals surface area (Å²) in [5.74, 6) is -0.777. The van der Waals surface area contributed by atoms with Gasteiger partial charge < -0.3 is 15.3 Å². The minimum absolute atomic E-state index is 0.134. The van der Waals surface area contributed by atoms with Gasteiger partial charge in [0.15, 0.2) is 0 Å². The Balaban J connectivity index is 2.10. The molecule has 0 aliphatic heterocycles. The molecule has 3 aromatic rings. The van der Waals surface area contributed by atoms with E-state index < -0.39 is 12.1 Å². The predicted octanol–water partition coefficient (Wildman–Crippen LogP) is 6.13. The van der Waals surface area contributed by atoms with Crippen LogP contribution in [0.5, 0.6) is 0 Å². The number of unbranched alkanes of at least 4 members (excludes halogenated alkanes) is 2. The first-order valence-electron chi connectivity index (χ1n) is 12.5. The molecule has 0 spiro atoms. The number of halogens is 1. The molecule has 0 fully saturated rings. The van der Waals surface area contributed by atoms with Crippen molar-refractivity contribution in [2.45, 2.75) is 51.6 Å². The highest BCUT2D eigenvalue weighted by atomic mass is 35.5. The molecule has 3 atom stereocenters.